The van der Waals surface area contributed by atoms with E-state index in [1.54, 1.807) is 23.0 Å². The molecule has 0 radical (unpaired) electrons. The van der Waals surface area contributed by atoms with Crippen LogP contribution in [0.4, 0.5) is 18.9 Å². The fraction of sp³-hybridized carbons (Fsp3) is 0.190. The lowest BCUT2D eigenvalue weighted by atomic mass is 10.2. The lowest BCUT2D eigenvalue weighted by Gasteiger charge is -2.10. The number of alkyl halides is 3. The molecule has 0 aliphatic carbocycles. The van der Waals surface area contributed by atoms with Gasteiger partial charge in [0.15, 0.2) is 16.8 Å². The van der Waals surface area contributed by atoms with E-state index in [1.807, 2.05) is 26.0 Å². The standard InChI is InChI=1S/C19H15F3N6OS.C2H6/c1-2-8-27-18-13(9-24-27)4-3-5-16(18)26-30(29)15-6-7-17(23-11-15)28-12-14(10-25-28)19(20,21)22;1-2/h2-7,9-12,26H,1,8H2;1-2H3. The first-order valence-electron chi connectivity index (χ1n) is 9.69. The number of hydrogen-bond donors (Lipinski definition) is 1. The van der Waals surface area contributed by atoms with Crippen LogP contribution in [0.25, 0.3) is 16.7 Å². The Morgan fingerprint density at radius 2 is 1.91 bits per heavy atom. The van der Waals surface area contributed by atoms with Crippen LogP contribution in [-0.4, -0.2) is 28.8 Å². The quantitative estimate of drug-likeness (QED) is 0.410. The molecule has 0 saturated heterocycles. The van der Waals surface area contributed by atoms with Crippen LogP contribution in [0.5, 0.6) is 0 Å². The third-order valence-electron chi connectivity index (χ3n) is 4.25. The molecule has 0 saturated carbocycles. The number of halogens is 3. The van der Waals surface area contributed by atoms with Gasteiger partial charge in [-0.05, 0) is 18.2 Å². The Kier molecular flexibility index (Phi) is 7.08. The van der Waals surface area contributed by atoms with E-state index < -0.39 is 22.7 Å². The summed E-state index contributed by atoms with van der Waals surface area (Å²) in [6.07, 6.45) is 1.84. The van der Waals surface area contributed by atoms with E-state index in [0.29, 0.717) is 17.1 Å². The largest absolute Gasteiger partial charge is 0.419 e. The Bertz CT molecular complexity index is 1230. The predicted molar refractivity (Wildman–Crippen MR) is 118 cm³/mol. The van der Waals surface area contributed by atoms with Crippen molar-refractivity contribution in [3.63, 3.8) is 0 Å². The maximum Gasteiger partial charge on any atom is 0.419 e. The van der Waals surface area contributed by atoms with Crippen molar-refractivity contribution < 1.29 is 17.4 Å². The first kappa shape index (κ1) is 23.2. The van der Waals surface area contributed by atoms with E-state index in [-0.39, 0.29) is 5.82 Å². The molecule has 1 aromatic carbocycles. The number of para-hydroxylation sites is 1. The molecule has 32 heavy (non-hydrogen) atoms. The van der Waals surface area contributed by atoms with Gasteiger partial charge in [0.1, 0.15) is 0 Å². The van der Waals surface area contributed by atoms with Gasteiger partial charge in [0, 0.05) is 17.8 Å². The summed E-state index contributed by atoms with van der Waals surface area (Å²) in [5, 5.41) is 8.85. The molecule has 0 bridgehead atoms. The van der Waals surface area contributed by atoms with E-state index in [2.05, 4.69) is 26.5 Å². The average molecular weight is 463 g/mol. The number of anilines is 1. The number of rotatable bonds is 6. The number of hydrogen-bond acceptors (Lipinski definition) is 4. The topological polar surface area (TPSA) is 77.6 Å². The monoisotopic (exact) mass is 462 g/mol. The van der Waals surface area contributed by atoms with E-state index in [4.69, 9.17) is 0 Å². The average Bonchev–Trinajstić information content (AvgIpc) is 3.44. The van der Waals surface area contributed by atoms with Crippen LogP contribution in [0.15, 0.2) is 72.7 Å². The van der Waals surface area contributed by atoms with Crippen LogP contribution in [-0.2, 0) is 23.7 Å². The highest BCUT2D eigenvalue weighted by atomic mass is 32.2. The lowest BCUT2D eigenvalue weighted by Crippen LogP contribution is -2.08. The summed E-state index contributed by atoms with van der Waals surface area (Å²) in [4.78, 5) is 4.43. The zero-order valence-electron chi connectivity index (χ0n) is 17.4. The maximum atomic E-state index is 12.8. The molecule has 3 aromatic heterocycles. The van der Waals surface area contributed by atoms with Gasteiger partial charge in [0.2, 0.25) is 0 Å². The molecule has 4 aromatic rings. The van der Waals surface area contributed by atoms with E-state index >= 15 is 0 Å². The molecular weight excluding hydrogens is 441 g/mol. The first-order valence-corrected chi connectivity index (χ1v) is 10.8. The number of allylic oxidation sites excluding steroid dienone is 1. The van der Waals surface area contributed by atoms with E-state index in [9.17, 15) is 17.4 Å². The summed E-state index contributed by atoms with van der Waals surface area (Å²) < 4.78 is 56.6. The number of pyridine rings is 1. The minimum absolute atomic E-state index is 0.178. The van der Waals surface area contributed by atoms with Gasteiger partial charge in [-0.3, -0.25) is 9.40 Å². The molecule has 11 heteroatoms. The van der Waals surface area contributed by atoms with Crippen LogP contribution >= 0.6 is 0 Å². The first-order chi connectivity index (χ1) is 15.4. The van der Waals surface area contributed by atoms with E-state index in [0.717, 1.165) is 28.0 Å². The predicted octanol–water partition coefficient (Wildman–Crippen LogP) is 4.98. The highest BCUT2D eigenvalue weighted by Gasteiger charge is 2.32. The Labute approximate surface area is 185 Å². The molecule has 0 aliphatic heterocycles. The number of benzene rings is 1. The Morgan fingerprint density at radius 1 is 1.12 bits per heavy atom. The highest BCUT2D eigenvalue weighted by molar-refractivity contribution is 7.86. The fourth-order valence-corrected chi connectivity index (χ4v) is 3.68. The number of fused-ring (bicyclic) bond motifs is 1. The van der Waals surface area contributed by atoms with Crippen molar-refractivity contribution in [2.24, 2.45) is 0 Å². The molecule has 0 fully saturated rings. The van der Waals surface area contributed by atoms with Crippen molar-refractivity contribution >= 4 is 27.6 Å². The minimum Gasteiger partial charge on any atom is -0.299 e. The minimum atomic E-state index is -4.48. The van der Waals surface area contributed by atoms with Crippen molar-refractivity contribution in [1.82, 2.24) is 24.5 Å². The Hall–Kier alpha value is -3.47. The van der Waals surface area contributed by atoms with Gasteiger partial charge in [-0.15, -0.1) is 6.58 Å². The van der Waals surface area contributed by atoms with Crippen molar-refractivity contribution in [2.45, 2.75) is 31.5 Å². The third kappa shape index (κ3) is 4.88. The number of aromatic nitrogens is 5. The molecule has 0 aliphatic rings. The molecule has 1 N–H and O–H groups in total. The van der Waals surface area contributed by atoms with Gasteiger partial charge >= 0.3 is 6.18 Å². The number of nitrogens with one attached hydrogen (secondary N) is 1. The SMILES string of the molecule is C=CCn1ncc2cccc(NS(=O)c3ccc(-n4cc(C(F)(F)F)cn4)nc3)c21.CC. The van der Waals surface area contributed by atoms with Crippen LogP contribution in [0.2, 0.25) is 0 Å². The molecule has 0 spiro atoms. The molecule has 1 atom stereocenters. The lowest BCUT2D eigenvalue weighted by molar-refractivity contribution is -0.137. The maximum absolute atomic E-state index is 12.8. The second-order valence-corrected chi connectivity index (χ2v) is 7.47. The van der Waals surface area contributed by atoms with Crippen LogP contribution in [0.3, 0.4) is 0 Å². The summed E-state index contributed by atoms with van der Waals surface area (Å²) >= 11 is 0. The molecule has 1 unspecified atom stereocenters. The van der Waals surface area contributed by atoms with Gasteiger partial charge < -0.3 is 0 Å². The van der Waals surface area contributed by atoms with Crippen molar-refractivity contribution in [1.29, 1.82) is 0 Å². The second kappa shape index (κ2) is 9.77. The van der Waals surface area contributed by atoms with Crippen LogP contribution in [0, 0.1) is 0 Å². The molecule has 7 nitrogen and oxygen atoms in total. The summed E-state index contributed by atoms with van der Waals surface area (Å²) in [7, 11) is -1.65. The normalized spacial score (nSPS) is 12.2. The summed E-state index contributed by atoms with van der Waals surface area (Å²) in [6, 6.07) is 8.46. The van der Waals surface area contributed by atoms with Gasteiger partial charge in [-0.1, -0.05) is 32.1 Å². The van der Waals surface area contributed by atoms with Crippen molar-refractivity contribution in [3.05, 3.63) is 73.3 Å². The van der Waals surface area contributed by atoms with Crippen LogP contribution < -0.4 is 4.72 Å². The molecule has 168 valence electrons. The summed E-state index contributed by atoms with van der Waals surface area (Å²) in [6.45, 7) is 8.20. The van der Waals surface area contributed by atoms with E-state index in [1.165, 1.54) is 18.3 Å². The zero-order chi connectivity index (χ0) is 23.3. The van der Waals surface area contributed by atoms with Crippen molar-refractivity contribution in [2.75, 3.05) is 4.72 Å². The summed E-state index contributed by atoms with van der Waals surface area (Å²) in [5.41, 5.74) is 0.533. The zero-order valence-corrected chi connectivity index (χ0v) is 18.2. The molecule has 3 heterocycles. The highest BCUT2D eigenvalue weighted by Crippen LogP contribution is 2.29. The molecule has 0 amide bonds. The van der Waals surface area contributed by atoms with Gasteiger partial charge in [-0.25, -0.2) is 13.9 Å². The van der Waals surface area contributed by atoms with Gasteiger partial charge in [-0.2, -0.15) is 23.4 Å². The summed E-state index contributed by atoms with van der Waals surface area (Å²) in [5.74, 6) is 0.178. The number of nitrogens with zero attached hydrogens (tertiary/aromatic N) is 5. The molecule has 4 rings (SSSR count). The van der Waals surface area contributed by atoms with Gasteiger partial charge in [0.05, 0.1) is 40.6 Å². The smallest absolute Gasteiger partial charge is 0.299 e. The Balaban J connectivity index is 0.00000141. The Morgan fingerprint density at radius 3 is 2.53 bits per heavy atom. The third-order valence-corrected chi connectivity index (χ3v) is 5.32. The fourth-order valence-electron chi connectivity index (χ4n) is 2.86. The van der Waals surface area contributed by atoms with Crippen LogP contribution in [0.1, 0.15) is 19.4 Å². The molecular formula is C21H21F3N6OS. The second-order valence-electron chi connectivity index (χ2n) is 6.25. The van der Waals surface area contributed by atoms with Crippen molar-refractivity contribution in [3.8, 4) is 5.82 Å². The van der Waals surface area contributed by atoms with Gasteiger partial charge in [0.25, 0.3) is 0 Å².